The van der Waals surface area contributed by atoms with Crippen molar-refractivity contribution < 1.29 is 0 Å². The summed E-state index contributed by atoms with van der Waals surface area (Å²) in [6, 6.07) is 16.5. The Hall–Kier alpha value is -2.13. The van der Waals surface area contributed by atoms with Crippen LogP contribution in [0.5, 0.6) is 0 Å². The first-order valence-electron chi connectivity index (χ1n) is 11.1. The van der Waals surface area contributed by atoms with Crippen LogP contribution >= 0.6 is 0 Å². The van der Waals surface area contributed by atoms with E-state index in [2.05, 4.69) is 65.8 Å². The van der Waals surface area contributed by atoms with Crippen molar-refractivity contribution in [2.75, 3.05) is 13.1 Å². The summed E-state index contributed by atoms with van der Waals surface area (Å²) in [5.74, 6) is 2.18. The SMILES string of the molecule is CCc1ccc(-c2ccc3c(c2)nc2n3CCN(C(C)C3CCC3)CC2)cc1. The van der Waals surface area contributed by atoms with E-state index in [0.29, 0.717) is 0 Å². The highest BCUT2D eigenvalue weighted by molar-refractivity contribution is 5.82. The molecule has 2 aromatic carbocycles. The van der Waals surface area contributed by atoms with Gasteiger partial charge in [-0.1, -0.05) is 43.7 Å². The first-order chi connectivity index (χ1) is 13.7. The van der Waals surface area contributed by atoms with Gasteiger partial charge in [0.15, 0.2) is 0 Å². The second-order valence-electron chi connectivity index (χ2n) is 8.65. The summed E-state index contributed by atoms with van der Waals surface area (Å²) in [5.41, 5.74) is 6.38. The van der Waals surface area contributed by atoms with Crippen molar-refractivity contribution in [2.24, 2.45) is 5.92 Å². The third kappa shape index (κ3) is 3.16. The molecule has 1 aliphatic heterocycles. The molecule has 0 amide bonds. The van der Waals surface area contributed by atoms with E-state index in [-0.39, 0.29) is 0 Å². The van der Waals surface area contributed by atoms with Gasteiger partial charge in [0.1, 0.15) is 5.82 Å². The van der Waals surface area contributed by atoms with Crippen LogP contribution in [0.25, 0.3) is 22.2 Å². The molecule has 1 aliphatic carbocycles. The summed E-state index contributed by atoms with van der Waals surface area (Å²) in [5, 5.41) is 0. The van der Waals surface area contributed by atoms with Crippen LogP contribution in [0.1, 0.15) is 44.5 Å². The summed E-state index contributed by atoms with van der Waals surface area (Å²) >= 11 is 0. The van der Waals surface area contributed by atoms with E-state index in [0.717, 1.165) is 50.0 Å². The molecule has 28 heavy (non-hydrogen) atoms. The molecule has 1 atom stereocenters. The molecule has 2 aliphatic rings. The first kappa shape index (κ1) is 17.9. The molecule has 3 heteroatoms. The maximum absolute atomic E-state index is 5.04. The Kier molecular flexibility index (Phi) is 4.72. The van der Waals surface area contributed by atoms with E-state index >= 15 is 0 Å². The fourth-order valence-electron chi connectivity index (χ4n) is 4.94. The summed E-state index contributed by atoms with van der Waals surface area (Å²) in [7, 11) is 0. The van der Waals surface area contributed by atoms with Gasteiger partial charge in [0.25, 0.3) is 0 Å². The number of benzene rings is 2. The molecule has 1 unspecified atom stereocenters. The minimum Gasteiger partial charge on any atom is -0.327 e. The molecule has 5 rings (SSSR count). The molecule has 3 nitrogen and oxygen atoms in total. The van der Waals surface area contributed by atoms with Gasteiger partial charge in [-0.05, 0) is 60.9 Å². The molecule has 1 saturated carbocycles. The van der Waals surface area contributed by atoms with E-state index in [1.54, 1.807) is 0 Å². The molecular formula is C25H31N3. The van der Waals surface area contributed by atoms with Crippen LogP contribution < -0.4 is 0 Å². The number of imidazole rings is 1. The van der Waals surface area contributed by atoms with Gasteiger partial charge in [-0.2, -0.15) is 0 Å². The van der Waals surface area contributed by atoms with Gasteiger partial charge in [0.2, 0.25) is 0 Å². The van der Waals surface area contributed by atoms with Crippen LogP contribution in [0.3, 0.4) is 0 Å². The van der Waals surface area contributed by atoms with Gasteiger partial charge in [-0.3, -0.25) is 4.90 Å². The topological polar surface area (TPSA) is 21.1 Å². The number of aromatic nitrogens is 2. The second kappa shape index (κ2) is 7.36. The Morgan fingerprint density at radius 3 is 2.50 bits per heavy atom. The third-order valence-electron chi connectivity index (χ3n) is 7.16. The molecular weight excluding hydrogens is 342 g/mol. The van der Waals surface area contributed by atoms with Gasteiger partial charge < -0.3 is 4.57 Å². The molecule has 0 bridgehead atoms. The van der Waals surface area contributed by atoms with E-state index in [1.807, 2.05) is 0 Å². The molecule has 146 valence electrons. The predicted molar refractivity (Wildman–Crippen MR) is 117 cm³/mol. The Morgan fingerprint density at radius 2 is 1.79 bits per heavy atom. The zero-order valence-electron chi connectivity index (χ0n) is 17.2. The average Bonchev–Trinajstić information content (AvgIpc) is 2.89. The highest BCUT2D eigenvalue weighted by atomic mass is 15.2. The highest BCUT2D eigenvalue weighted by Crippen LogP contribution is 2.33. The van der Waals surface area contributed by atoms with Gasteiger partial charge in [-0.15, -0.1) is 0 Å². The van der Waals surface area contributed by atoms with Crippen LogP contribution in [0.4, 0.5) is 0 Å². The Bertz CT molecular complexity index is 965. The minimum absolute atomic E-state index is 0.724. The first-order valence-corrected chi connectivity index (χ1v) is 11.1. The van der Waals surface area contributed by atoms with E-state index in [1.165, 1.54) is 47.3 Å². The van der Waals surface area contributed by atoms with Crippen LogP contribution in [0.15, 0.2) is 42.5 Å². The lowest BCUT2D eigenvalue weighted by Gasteiger charge is -2.38. The molecule has 0 N–H and O–H groups in total. The Balaban J connectivity index is 1.39. The molecule has 1 aromatic heterocycles. The molecule has 0 spiro atoms. The van der Waals surface area contributed by atoms with Crippen molar-refractivity contribution in [3.63, 3.8) is 0 Å². The van der Waals surface area contributed by atoms with Crippen molar-refractivity contribution in [1.82, 2.24) is 14.5 Å². The maximum Gasteiger partial charge on any atom is 0.111 e. The number of fused-ring (bicyclic) bond motifs is 3. The summed E-state index contributed by atoms with van der Waals surface area (Å²) in [4.78, 5) is 7.74. The molecule has 3 aromatic rings. The Labute approximate surface area is 168 Å². The van der Waals surface area contributed by atoms with Crippen molar-refractivity contribution in [1.29, 1.82) is 0 Å². The third-order valence-corrected chi connectivity index (χ3v) is 7.16. The fourth-order valence-corrected chi connectivity index (χ4v) is 4.94. The van der Waals surface area contributed by atoms with Crippen LogP contribution in [-0.4, -0.2) is 33.6 Å². The molecule has 0 saturated heterocycles. The van der Waals surface area contributed by atoms with Crippen molar-refractivity contribution in [2.45, 2.75) is 58.5 Å². The van der Waals surface area contributed by atoms with Crippen LogP contribution in [0.2, 0.25) is 0 Å². The monoisotopic (exact) mass is 373 g/mol. The summed E-state index contributed by atoms with van der Waals surface area (Å²) in [6.45, 7) is 8.00. The molecule has 2 heterocycles. The van der Waals surface area contributed by atoms with Gasteiger partial charge in [0.05, 0.1) is 11.0 Å². The van der Waals surface area contributed by atoms with Crippen molar-refractivity contribution in [3.8, 4) is 11.1 Å². The minimum atomic E-state index is 0.724. The van der Waals surface area contributed by atoms with Crippen LogP contribution in [0, 0.1) is 5.92 Å². The lowest BCUT2D eigenvalue weighted by Crippen LogP contribution is -2.42. The van der Waals surface area contributed by atoms with Gasteiger partial charge >= 0.3 is 0 Å². The van der Waals surface area contributed by atoms with E-state index in [4.69, 9.17) is 4.98 Å². The van der Waals surface area contributed by atoms with Crippen LogP contribution in [-0.2, 0) is 19.4 Å². The van der Waals surface area contributed by atoms with E-state index < -0.39 is 0 Å². The number of hydrogen-bond donors (Lipinski definition) is 0. The summed E-state index contributed by atoms with van der Waals surface area (Å²) in [6.07, 6.45) is 6.43. The van der Waals surface area contributed by atoms with Crippen molar-refractivity contribution >= 4 is 11.0 Å². The maximum atomic E-state index is 5.04. The number of nitrogens with zero attached hydrogens (tertiary/aromatic N) is 3. The lowest BCUT2D eigenvalue weighted by atomic mass is 9.80. The zero-order chi connectivity index (χ0) is 19.1. The normalized spacial score (nSPS) is 19.2. The molecule has 0 radical (unpaired) electrons. The smallest absolute Gasteiger partial charge is 0.111 e. The number of aryl methyl sites for hydroxylation is 1. The lowest BCUT2D eigenvalue weighted by molar-refractivity contribution is 0.110. The highest BCUT2D eigenvalue weighted by Gasteiger charge is 2.29. The average molecular weight is 374 g/mol. The summed E-state index contributed by atoms with van der Waals surface area (Å²) < 4.78 is 2.47. The number of hydrogen-bond acceptors (Lipinski definition) is 2. The zero-order valence-corrected chi connectivity index (χ0v) is 17.2. The molecule has 1 fully saturated rings. The largest absolute Gasteiger partial charge is 0.327 e. The number of rotatable bonds is 4. The Morgan fingerprint density at radius 1 is 1.00 bits per heavy atom. The predicted octanol–water partition coefficient (Wildman–Crippen LogP) is 5.31. The van der Waals surface area contributed by atoms with E-state index in [9.17, 15) is 0 Å². The van der Waals surface area contributed by atoms with Gasteiger partial charge in [-0.25, -0.2) is 4.98 Å². The second-order valence-corrected chi connectivity index (χ2v) is 8.65. The quantitative estimate of drug-likeness (QED) is 0.618. The van der Waals surface area contributed by atoms with Crippen molar-refractivity contribution in [3.05, 3.63) is 53.9 Å². The van der Waals surface area contributed by atoms with Gasteiger partial charge in [0, 0.05) is 32.1 Å². The fraction of sp³-hybridized carbons (Fsp3) is 0.480. The standard InChI is InChI=1S/C25H31N3/c1-3-19-7-9-21(10-8-19)22-11-12-24-23(17-22)26-25-13-14-27(15-16-28(24)25)18(2)20-5-4-6-20/h7-12,17-18,20H,3-6,13-16H2,1-2H3.